The molecule has 0 amide bonds. The molecule has 0 radical (unpaired) electrons. The van der Waals surface area contributed by atoms with Crippen molar-refractivity contribution in [3.05, 3.63) is 35.6 Å². The number of aliphatic hydroxyl groups is 1. The van der Waals surface area contributed by atoms with Gasteiger partial charge in [0.2, 0.25) is 5.78 Å². The molecular formula is C19H22O7. The highest BCUT2D eigenvalue weighted by Crippen LogP contribution is 2.42. The summed E-state index contributed by atoms with van der Waals surface area (Å²) in [7, 11) is 0. The third-order valence-corrected chi connectivity index (χ3v) is 4.96. The predicted octanol–water partition coefficient (Wildman–Crippen LogP) is 1.22. The van der Waals surface area contributed by atoms with Crippen molar-refractivity contribution in [3.8, 4) is 0 Å². The number of hydrogen-bond donors (Lipinski definition) is 1. The molecular weight excluding hydrogens is 340 g/mol. The van der Waals surface area contributed by atoms with Crippen LogP contribution in [0.3, 0.4) is 0 Å². The van der Waals surface area contributed by atoms with Gasteiger partial charge in [0.05, 0.1) is 18.4 Å². The molecule has 2 bridgehead atoms. The smallest absolute Gasteiger partial charge is 0.334 e. The average molecular weight is 362 g/mol. The van der Waals surface area contributed by atoms with Crippen LogP contribution in [0.25, 0.3) is 0 Å². The van der Waals surface area contributed by atoms with Crippen molar-refractivity contribution in [2.45, 2.75) is 45.0 Å². The average Bonchev–Trinajstić information content (AvgIpc) is 3.01. The van der Waals surface area contributed by atoms with Crippen molar-refractivity contribution >= 4 is 17.7 Å². The quantitative estimate of drug-likeness (QED) is 0.595. The van der Waals surface area contributed by atoms with E-state index in [1.165, 1.54) is 12.2 Å². The van der Waals surface area contributed by atoms with Crippen molar-refractivity contribution < 1.29 is 33.7 Å². The van der Waals surface area contributed by atoms with Gasteiger partial charge in [0.15, 0.2) is 5.60 Å². The lowest BCUT2D eigenvalue weighted by atomic mass is 9.82. The maximum Gasteiger partial charge on any atom is 0.334 e. The van der Waals surface area contributed by atoms with Crippen molar-refractivity contribution in [3.63, 3.8) is 0 Å². The van der Waals surface area contributed by atoms with Crippen LogP contribution in [-0.4, -0.2) is 47.2 Å². The Kier molecular flexibility index (Phi) is 4.52. The first kappa shape index (κ1) is 18.4. The van der Waals surface area contributed by atoms with E-state index < -0.39 is 35.7 Å². The molecule has 3 aliphatic rings. The van der Waals surface area contributed by atoms with Crippen LogP contribution in [0.1, 0.15) is 27.2 Å². The van der Waals surface area contributed by atoms with Gasteiger partial charge in [-0.15, -0.1) is 0 Å². The molecule has 1 fully saturated rings. The van der Waals surface area contributed by atoms with E-state index in [-0.39, 0.29) is 36.1 Å². The summed E-state index contributed by atoms with van der Waals surface area (Å²) >= 11 is 0. The number of fused-ring (bicyclic) bond motifs is 3. The van der Waals surface area contributed by atoms with Crippen LogP contribution in [0.15, 0.2) is 35.6 Å². The maximum absolute atomic E-state index is 12.5. The van der Waals surface area contributed by atoms with Crippen molar-refractivity contribution in [1.29, 1.82) is 0 Å². The van der Waals surface area contributed by atoms with Crippen LogP contribution in [0.5, 0.6) is 0 Å². The summed E-state index contributed by atoms with van der Waals surface area (Å²) in [4.78, 5) is 36.8. The fourth-order valence-electron chi connectivity index (χ4n) is 3.40. The minimum Gasteiger partial charge on any atom is -0.479 e. The van der Waals surface area contributed by atoms with Crippen LogP contribution in [0.2, 0.25) is 0 Å². The van der Waals surface area contributed by atoms with E-state index in [0.717, 1.165) is 0 Å². The van der Waals surface area contributed by atoms with Gasteiger partial charge >= 0.3 is 11.9 Å². The third kappa shape index (κ3) is 2.96. The number of esters is 2. The maximum atomic E-state index is 12.5. The predicted molar refractivity (Wildman–Crippen MR) is 89.6 cm³/mol. The summed E-state index contributed by atoms with van der Waals surface area (Å²) in [6.45, 7) is 8.39. The normalized spacial score (nSPS) is 35.4. The van der Waals surface area contributed by atoms with Gasteiger partial charge in [0.1, 0.15) is 18.0 Å². The van der Waals surface area contributed by atoms with E-state index in [2.05, 4.69) is 6.58 Å². The summed E-state index contributed by atoms with van der Waals surface area (Å²) in [5.41, 5.74) is -0.741. The van der Waals surface area contributed by atoms with Gasteiger partial charge in [-0.05, 0) is 13.0 Å². The van der Waals surface area contributed by atoms with Gasteiger partial charge in [-0.25, -0.2) is 4.79 Å². The largest absolute Gasteiger partial charge is 0.479 e. The van der Waals surface area contributed by atoms with Gasteiger partial charge in [-0.1, -0.05) is 20.4 Å². The van der Waals surface area contributed by atoms with Crippen LogP contribution in [0.4, 0.5) is 0 Å². The number of carbonyl (C=O) groups is 3. The second-order valence-electron chi connectivity index (χ2n) is 7.31. The number of ketones is 1. The Bertz CT molecular complexity index is 745. The minimum absolute atomic E-state index is 0.0493. The van der Waals surface area contributed by atoms with E-state index in [4.69, 9.17) is 14.2 Å². The standard InChI is InChI=1S/C19H22O7/c1-9(2)17(22)25-14-7-19(4)15(21)6-12(26-19)11(8-20)5-13-16(14)10(3)18(23)24-13/h5-6,9,13-14,16,20H,3,7-8H2,1-2,4H3/b11-5-/t13-,14+,16-,19-/m0/s1. The first-order valence-corrected chi connectivity index (χ1v) is 8.53. The van der Waals surface area contributed by atoms with Gasteiger partial charge in [0, 0.05) is 23.6 Å². The highest BCUT2D eigenvalue weighted by Gasteiger charge is 2.52. The second-order valence-corrected chi connectivity index (χ2v) is 7.31. The molecule has 0 unspecified atom stereocenters. The second kappa shape index (κ2) is 6.39. The molecule has 3 rings (SSSR count). The lowest BCUT2D eigenvalue weighted by Crippen LogP contribution is -2.43. The molecule has 140 valence electrons. The van der Waals surface area contributed by atoms with E-state index in [0.29, 0.717) is 5.57 Å². The van der Waals surface area contributed by atoms with E-state index >= 15 is 0 Å². The molecule has 7 nitrogen and oxygen atoms in total. The molecule has 1 N–H and O–H groups in total. The summed E-state index contributed by atoms with van der Waals surface area (Å²) in [6.07, 6.45) is 1.31. The summed E-state index contributed by atoms with van der Waals surface area (Å²) in [5.74, 6) is -2.11. The zero-order valence-corrected chi connectivity index (χ0v) is 15.0. The van der Waals surface area contributed by atoms with Crippen molar-refractivity contribution in [1.82, 2.24) is 0 Å². The number of ether oxygens (including phenoxy) is 3. The first-order chi connectivity index (χ1) is 12.2. The van der Waals surface area contributed by atoms with E-state index in [1.54, 1.807) is 20.8 Å². The topological polar surface area (TPSA) is 99.1 Å². The molecule has 0 saturated carbocycles. The van der Waals surface area contributed by atoms with E-state index in [9.17, 15) is 19.5 Å². The highest BCUT2D eigenvalue weighted by molar-refractivity contribution is 6.00. The van der Waals surface area contributed by atoms with E-state index in [1.807, 2.05) is 0 Å². The van der Waals surface area contributed by atoms with Gasteiger partial charge in [0.25, 0.3) is 0 Å². The first-order valence-electron chi connectivity index (χ1n) is 8.53. The van der Waals surface area contributed by atoms with Crippen LogP contribution in [-0.2, 0) is 28.6 Å². The molecule has 0 spiro atoms. The zero-order valence-electron chi connectivity index (χ0n) is 15.0. The fourth-order valence-corrected chi connectivity index (χ4v) is 3.40. The Morgan fingerprint density at radius 2 is 2.15 bits per heavy atom. The molecule has 0 aromatic rings. The van der Waals surface area contributed by atoms with Crippen LogP contribution in [0, 0.1) is 11.8 Å². The van der Waals surface area contributed by atoms with Crippen LogP contribution >= 0.6 is 0 Å². The Morgan fingerprint density at radius 3 is 2.77 bits per heavy atom. The highest BCUT2D eigenvalue weighted by atomic mass is 16.6. The van der Waals surface area contributed by atoms with Gasteiger partial charge < -0.3 is 19.3 Å². The van der Waals surface area contributed by atoms with Crippen molar-refractivity contribution in [2.75, 3.05) is 6.61 Å². The fraction of sp³-hybridized carbons (Fsp3) is 0.526. The third-order valence-electron chi connectivity index (χ3n) is 4.96. The number of hydrogen-bond acceptors (Lipinski definition) is 7. The molecule has 3 aliphatic heterocycles. The SMILES string of the molecule is C=C1C(=O)O[C@H]2/C=C(/CO)C3=CC(=O)[C@](C)(C[C@@H](OC(=O)C(C)C)[C@@H]12)O3. The van der Waals surface area contributed by atoms with Gasteiger partial charge in [-0.2, -0.15) is 0 Å². The molecule has 0 aromatic heterocycles. The Balaban J connectivity index is 2.08. The van der Waals surface area contributed by atoms with Crippen LogP contribution < -0.4 is 0 Å². The Hall–Kier alpha value is -2.41. The zero-order chi connectivity index (χ0) is 19.2. The Labute approximate surface area is 151 Å². The lowest BCUT2D eigenvalue weighted by molar-refractivity contribution is -0.161. The molecule has 0 aromatic carbocycles. The number of carbonyl (C=O) groups excluding carboxylic acids is 3. The Morgan fingerprint density at radius 1 is 1.46 bits per heavy atom. The molecule has 3 heterocycles. The molecule has 0 aliphatic carbocycles. The molecule has 26 heavy (non-hydrogen) atoms. The monoisotopic (exact) mass is 362 g/mol. The number of aliphatic hydroxyl groups excluding tert-OH is 1. The summed E-state index contributed by atoms with van der Waals surface area (Å²) < 4.78 is 16.8. The number of rotatable bonds is 3. The molecule has 4 atom stereocenters. The summed E-state index contributed by atoms with van der Waals surface area (Å²) in [5, 5.41) is 9.68. The summed E-state index contributed by atoms with van der Waals surface area (Å²) in [6, 6.07) is 0. The molecule has 1 saturated heterocycles. The minimum atomic E-state index is -1.26. The molecule has 7 heteroatoms. The van der Waals surface area contributed by atoms with Crippen molar-refractivity contribution in [2.24, 2.45) is 11.8 Å². The lowest BCUT2D eigenvalue weighted by Gasteiger charge is -2.31. The van der Waals surface area contributed by atoms with Gasteiger partial charge in [-0.3, -0.25) is 9.59 Å².